The minimum Gasteiger partial charge on any atom is -0.376 e. The van der Waals surface area contributed by atoms with Crippen molar-refractivity contribution >= 4 is 23.2 Å². The van der Waals surface area contributed by atoms with Gasteiger partial charge >= 0.3 is 0 Å². The summed E-state index contributed by atoms with van der Waals surface area (Å²) >= 11 is 1.64. The average Bonchev–Trinajstić information content (AvgIpc) is 3.51. The first-order valence-electron chi connectivity index (χ1n) is 11.9. The van der Waals surface area contributed by atoms with Crippen LogP contribution in [0.1, 0.15) is 44.1 Å². The van der Waals surface area contributed by atoms with Crippen LogP contribution < -0.4 is 0 Å². The molecule has 1 fully saturated rings. The van der Waals surface area contributed by atoms with Crippen LogP contribution in [0, 0.1) is 19.7 Å². The maximum Gasteiger partial charge on any atom is 0.254 e. The second kappa shape index (κ2) is 11.6. The molecule has 2 heterocycles. The summed E-state index contributed by atoms with van der Waals surface area (Å²) in [6, 6.07) is 17.7. The van der Waals surface area contributed by atoms with E-state index in [2.05, 4.69) is 0 Å². The van der Waals surface area contributed by atoms with E-state index in [0.717, 1.165) is 28.8 Å². The molecule has 184 valence electrons. The van der Waals surface area contributed by atoms with Gasteiger partial charge in [-0.2, -0.15) is 0 Å². The summed E-state index contributed by atoms with van der Waals surface area (Å²) in [4.78, 5) is 32.8. The van der Waals surface area contributed by atoms with E-state index < -0.39 is 0 Å². The highest BCUT2D eigenvalue weighted by atomic mass is 32.1. The molecular weight excluding hydrogens is 463 g/mol. The molecule has 1 aromatic heterocycles. The lowest BCUT2D eigenvalue weighted by molar-refractivity contribution is -0.133. The fourth-order valence-electron chi connectivity index (χ4n) is 4.30. The summed E-state index contributed by atoms with van der Waals surface area (Å²) in [6.45, 7) is 5.71. The largest absolute Gasteiger partial charge is 0.376 e. The van der Waals surface area contributed by atoms with Crippen LogP contribution in [0.3, 0.4) is 0 Å². The Morgan fingerprint density at radius 1 is 1.00 bits per heavy atom. The first-order chi connectivity index (χ1) is 16.9. The molecule has 3 aromatic rings. The lowest BCUT2D eigenvalue weighted by Gasteiger charge is -2.29. The van der Waals surface area contributed by atoms with Gasteiger partial charge in [-0.3, -0.25) is 9.59 Å². The van der Waals surface area contributed by atoms with Crippen molar-refractivity contribution in [1.82, 2.24) is 9.80 Å². The highest BCUT2D eigenvalue weighted by molar-refractivity contribution is 7.11. The molecule has 2 aromatic carbocycles. The molecule has 1 aliphatic heterocycles. The lowest BCUT2D eigenvalue weighted by atomic mass is 10.1. The molecule has 0 bridgehead atoms. The number of halogens is 1. The van der Waals surface area contributed by atoms with E-state index in [4.69, 9.17) is 4.74 Å². The number of ether oxygens (including phenoxy) is 1. The highest BCUT2D eigenvalue weighted by Crippen LogP contribution is 2.21. The summed E-state index contributed by atoms with van der Waals surface area (Å²) < 4.78 is 19.2. The second-order valence-corrected chi connectivity index (χ2v) is 10.4. The maximum absolute atomic E-state index is 13.7. The monoisotopic (exact) mass is 494 g/mol. The summed E-state index contributed by atoms with van der Waals surface area (Å²) in [5.41, 5.74) is 2.31. The Morgan fingerprint density at radius 3 is 2.43 bits per heavy atom. The van der Waals surface area contributed by atoms with Gasteiger partial charge in [-0.15, -0.1) is 11.3 Å². The molecule has 0 saturated carbocycles. The lowest BCUT2D eigenvalue weighted by Crippen LogP contribution is -2.45. The van der Waals surface area contributed by atoms with Crippen LogP contribution in [0.15, 0.2) is 60.7 Å². The van der Waals surface area contributed by atoms with Crippen molar-refractivity contribution < 1.29 is 18.7 Å². The number of carbonyl (C=O) groups is 2. The Balaban J connectivity index is 1.56. The third-order valence-corrected chi connectivity index (χ3v) is 7.20. The molecule has 4 rings (SSSR count). The zero-order valence-corrected chi connectivity index (χ0v) is 21.0. The maximum atomic E-state index is 13.7. The molecule has 1 aliphatic rings. The van der Waals surface area contributed by atoms with Crippen LogP contribution >= 0.6 is 11.3 Å². The topological polar surface area (TPSA) is 49.9 Å². The van der Waals surface area contributed by atoms with Crippen molar-refractivity contribution in [2.45, 2.75) is 45.9 Å². The van der Waals surface area contributed by atoms with Crippen LogP contribution in [0.2, 0.25) is 0 Å². The van der Waals surface area contributed by atoms with Crippen LogP contribution in [0.25, 0.3) is 0 Å². The molecule has 7 heteroatoms. The van der Waals surface area contributed by atoms with Crippen LogP contribution in [0.5, 0.6) is 0 Å². The minimum absolute atomic E-state index is 0.0431. The Bertz CT molecular complexity index is 1160. The van der Waals surface area contributed by atoms with Gasteiger partial charge in [-0.1, -0.05) is 30.3 Å². The predicted octanol–water partition coefficient (Wildman–Crippen LogP) is 5.35. The molecule has 0 radical (unpaired) electrons. The van der Waals surface area contributed by atoms with Gasteiger partial charge in [0, 0.05) is 35.0 Å². The third-order valence-electron chi connectivity index (χ3n) is 6.22. The van der Waals surface area contributed by atoms with Crippen molar-refractivity contribution in [1.29, 1.82) is 0 Å². The Labute approximate surface area is 210 Å². The standard InChI is InChI=1S/C28H31FN2O3S/c1-20-6-3-4-8-26(20)28(33)31(17-24-7-5-15-34-24)19-27(32)30(18-25-14-9-21(2)35-25)16-22-10-12-23(29)13-11-22/h3-4,6,8-14,24H,5,7,15-19H2,1-2H3. The first-order valence-corrected chi connectivity index (χ1v) is 12.7. The number of benzene rings is 2. The summed E-state index contributed by atoms with van der Waals surface area (Å²) in [5.74, 6) is -0.631. The van der Waals surface area contributed by atoms with E-state index in [1.165, 1.54) is 17.0 Å². The molecule has 5 nitrogen and oxygen atoms in total. The van der Waals surface area contributed by atoms with E-state index in [1.54, 1.807) is 39.3 Å². The van der Waals surface area contributed by atoms with Crippen LogP contribution in [0.4, 0.5) is 4.39 Å². The number of rotatable bonds is 9. The molecule has 1 saturated heterocycles. The second-order valence-electron chi connectivity index (χ2n) is 9.02. The van der Waals surface area contributed by atoms with Gasteiger partial charge in [0.15, 0.2) is 0 Å². The number of hydrogen-bond donors (Lipinski definition) is 0. The van der Waals surface area contributed by atoms with Crippen LogP contribution in [-0.2, 0) is 22.6 Å². The summed E-state index contributed by atoms with van der Waals surface area (Å²) in [7, 11) is 0. The van der Waals surface area contributed by atoms with Gasteiger partial charge < -0.3 is 14.5 Å². The van der Waals surface area contributed by atoms with Crippen molar-refractivity contribution in [2.75, 3.05) is 19.7 Å². The van der Waals surface area contributed by atoms with E-state index in [-0.39, 0.29) is 30.3 Å². The van der Waals surface area contributed by atoms with Gasteiger partial charge in [-0.05, 0) is 68.1 Å². The van der Waals surface area contributed by atoms with Gasteiger partial charge in [0.1, 0.15) is 12.4 Å². The molecule has 35 heavy (non-hydrogen) atoms. The van der Waals surface area contributed by atoms with E-state index in [9.17, 15) is 14.0 Å². The average molecular weight is 495 g/mol. The van der Waals surface area contributed by atoms with Crippen molar-refractivity contribution in [3.63, 3.8) is 0 Å². The number of carbonyl (C=O) groups excluding carboxylic acids is 2. The highest BCUT2D eigenvalue weighted by Gasteiger charge is 2.28. The van der Waals surface area contributed by atoms with Crippen LogP contribution in [-0.4, -0.2) is 47.4 Å². The molecule has 1 unspecified atom stereocenters. The normalized spacial score (nSPS) is 15.2. The number of amides is 2. The molecule has 0 spiro atoms. The molecule has 1 atom stereocenters. The Kier molecular flexibility index (Phi) is 8.31. The predicted molar refractivity (Wildman–Crippen MR) is 136 cm³/mol. The number of thiophene rings is 1. The Morgan fingerprint density at radius 2 is 1.77 bits per heavy atom. The zero-order valence-electron chi connectivity index (χ0n) is 20.2. The van der Waals surface area contributed by atoms with E-state index >= 15 is 0 Å². The summed E-state index contributed by atoms with van der Waals surface area (Å²) in [6.07, 6.45) is 1.76. The summed E-state index contributed by atoms with van der Waals surface area (Å²) in [5, 5.41) is 0. The zero-order chi connectivity index (χ0) is 24.8. The SMILES string of the molecule is Cc1ccc(CN(Cc2ccc(F)cc2)C(=O)CN(CC2CCCO2)C(=O)c2ccccc2C)s1. The van der Waals surface area contributed by atoms with E-state index in [0.29, 0.717) is 31.8 Å². The van der Waals surface area contributed by atoms with Gasteiger partial charge in [0.25, 0.3) is 5.91 Å². The molecule has 2 amide bonds. The number of aryl methyl sites for hydroxylation is 2. The van der Waals surface area contributed by atoms with Crippen molar-refractivity contribution in [3.05, 3.63) is 92.9 Å². The molecular formula is C28H31FN2O3S. The fourth-order valence-corrected chi connectivity index (χ4v) is 5.21. The smallest absolute Gasteiger partial charge is 0.254 e. The Hall–Kier alpha value is -3.03. The number of hydrogen-bond acceptors (Lipinski definition) is 4. The van der Waals surface area contributed by atoms with Crippen molar-refractivity contribution in [3.8, 4) is 0 Å². The van der Waals surface area contributed by atoms with Gasteiger partial charge in [0.2, 0.25) is 5.91 Å². The van der Waals surface area contributed by atoms with Gasteiger partial charge in [-0.25, -0.2) is 4.39 Å². The fraction of sp³-hybridized carbons (Fsp3) is 0.357. The minimum atomic E-state index is -0.313. The molecule has 0 aliphatic carbocycles. The quantitative estimate of drug-likeness (QED) is 0.403. The number of nitrogens with zero attached hydrogens (tertiary/aromatic N) is 2. The third kappa shape index (κ3) is 6.77. The van der Waals surface area contributed by atoms with E-state index in [1.807, 2.05) is 44.2 Å². The van der Waals surface area contributed by atoms with Gasteiger partial charge in [0.05, 0.1) is 12.6 Å². The molecule has 0 N–H and O–H groups in total. The first kappa shape index (κ1) is 25.1. The van der Waals surface area contributed by atoms with Crippen molar-refractivity contribution in [2.24, 2.45) is 0 Å².